The minimum atomic E-state index is 0. The molecule has 19 heavy (non-hydrogen) atoms. The Bertz CT molecular complexity index is 459. The van der Waals surface area contributed by atoms with Crippen LogP contribution in [0.15, 0.2) is 18.2 Å². The Morgan fingerprint density at radius 3 is 3.00 bits per heavy atom. The van der Waals surface area contributed by atoms with Crippen LogP contribution in [0.1, 0.15) is 34.3 Å². The third-order valence-electron chi connectivity index (χ3n) is 3.61. The van der Waals surface area contributed by atoms with E-state index in [9.17, 15) is 4.79 Å². The van der Waals surface area contributed by atoms with Crippen molar-refractivity contribution in [1.29, 1.82) is 0 Å². The molecular weight excluding hydrogens is 264 g/mol. The van der Waals surface area contributed by atoms with Gasteiger partial charge in [0.1, 0.15) is 0 Å². The Hall–Kier alpha value is -1.10. The Morgan fingerprint density at radius 2 is 2.21 bits per heavy atom. The summed E-state index contributed by atoms with van der Waals surface area (Å²) in [5, 5.41) is 6.23. The number of carbonyl (C=O) groups is 1. The largest absolute Gasteiger partial charge is 0.376 e. The number of benzene rings is 1. The van der Waals surface area contributed by atoms with Gasteiger partial charge in [-0.3, -0.25) is 4.79 Å². The van der Waals surface area contributed by atoms with Crippen molar-refractivity contribution in [1.82, 2.24) is 10.6 Å². The predicted octanol–water partition coefficient (Wildman–Crippen LogP) is 1.62. The van der Waals surface area contributed by atoms with Crippen LogP contribution in [0.3, 0.4) is 0 Å². The van der Waals surface area contributed by atoms with Crippen LogP contribution in [0.5, 0.6) is 0 Å². The summed E-state index contributed by atoms with van der Waals surface area (Å²) in [6, 6.07) is 5.92. The number of nitrogens with one attached hydrogen (secondary N) is 2. The summed E-state index contributed by atoms with van der Waals surface area (Å²) >= 11 is 0. The third kappa shape index (κ3) is 3.26. The summed E-state index contributed by atoms with van der Waals surface area (Å²) in [5.74, 6) is 0.000185. The molecule has 104 valence electrons. The molecule has 1 aromatic carbocycles. The van der Waals surface area contributed by atoms with E-state index in [4.69, 9.17) is 4.74 Å². The minimum absolute atomic E-state index is 0. The second kappa shape index (κ2) is 6.37. The lowest BCUT2D eigenvalue weighted by atomic mass is 10.1. The van der Waals surface area contributed by atoms with Crippen molar-refractivity contribution >= 4 is 18.3 Å². The first-order valence-corrected chi connectivity index (χ1v) is 6.55. The Labute approximate surface area is 119 Å². The van der Waals surface area contributed by atoms with Gasteiger partial charge >= 0.3 is 0 Å². The van der Waals surface area contributed by atoms with Gasteiger partial charge < -0.3 is 15.4 Å². The van der Waals surface area contributed by atoms with Gasteiger partial charge in [-0.25, -0.2) is 0 Å². The van der Waals surface area contributed by atoms with Crippen molar-refractivity contribution in [3.63, 3.8) is 0 Å². The van der Waals surface area contributed by atoms with E-state index in [1.165, 1.54) is 11.1 Å². The molecule has 1 atom stereocenters. The van der Waals surface area contributed by atoms with Gasteiger partial charge in [-0.15, -0.1) is 12.4 Å². The van der Waals surface area contributed by atoms with E-state index in [0.717, 1.165) is 38.1 Å². The van der Waals surface area contributed by atoms with Crippen molar-refractivity contribution < 1.29 is 9.53 Å². The summed E-state index contributed by atoms with van der Waals surface area (Å²) in [6.07, 6.45) is 2.35. The molecule has 1 unspecified atom stereocenters. The van der Waals surface area contributed by atoms with E-state index in [0.29, 0.717) is 6.54 Å². The molecule has 4 nitrogen and oxygen atoms in total. The lowest BCUT2D eigenvalue weighted by Gasteiger charge is -2.11. The fourth-order valence-electron chi connectivity index (χ4n) is 2.55. The van der Waals surface area contributed by atoms with Gasteiger partial charge in [0.15, 0.2) is 0 Å². The van der Waals surface area contributed by atoms with Crippen LogP contribution in [-0.2, 0) is 17.8 Å². The molecule has 0 bridgehead atoms. The quantitative estimate of drug-likeness (QED) is 0.886. The normalized spacial score (nSPS) is 20.7. The van der Waals surface area contributed by atoms with E-state index >= 15 is 0 Å². The standard InChI is InChI=1S/C14H18N2O2.ClH/c17-14(16-9-13-2-1-5-18-13)10-3-4-11-7-15-8-12(11)6-10;/h3-4,6,13,15H,1-2,5,7-9H2,(H,16,17);1H. The van der Waals surface area contributed by atoms with Gasteiger partial charge in [-0.1, -0.05) is 6.07 Å². The second-order valence-electron chi connectivity index (χ2n) is 4.93. The predicted molar refractivity (Wildman–Crippen MR) is 75.5 cm³/mol. The van der Waals surface area contributed by atoms with E-state index in [1.807, 2.05) is 18.2 Å². The molecule has 0 spiro atoms. The Morgan fingerprint density at radius 1 is 1.37 bits per heavy atom. The van der Waals surface area contributed by atoms with Gasteiger partial charge in [-0.05, 0) is 36.1 Å². The van der Waals surface area contributed by atoms with Crippen molar-refractivity contribution in [3.05, 3.63) is 34.9 Å². The summed E-state index contributed by atoms with van der Waals surface area (Å²) in [6.45, 7) is 3.22. The molecule has 0 radical (unpaired) electrons. The van der Waals surface area contributed by atoms with Crippen molar-refractivity contribution in [2.24, 2.45) is 0 Å². The van der Waals surface area contributed by atoms with E-state index in [1.54, 1.807) is 0 Å². The number of carbonyl (C=O) groups excluding carboxylic acids is 1. The number of halogens is 1. The smallest absolute Gasteiger partial charge is 0.251 e. The SMILES string of the molecule is Cl.O=C(NCC1CCCO1)c1ccc2c(c1)CNC2. The van der Waals surface area contributed by atoms with Crippen LogP contribution in [0, 0.1) is 0 Å². The molecule has 2 N–H and O–H groups in total. The summed E-state index contributed by atoms with van der Waals surface area (Å²) in [4.78, 5) is 12.0. The highest BCUT2D eigenvalue weighted by molar-refractivity contribution is 5.94. The topological polar surface area (TPSA) is 50.4 Å². The first-order valence-electron chi connectivity index (χ1n) is 6.55. The number of hydrogen-bond donors (Lipinski definition) is 2. The summed E-state index contributed by atoms with van der Waals surface area (Å²) in [5.41, 5.74) is 3.28. The first kappa shape index (κ1) is 14.3. The van der Waals surface area contributed by atoms with Gasteiger partial charge in [0.25, 0.3) is 5.91 Å². The van der Waals surface area contributed by atoms with Crippen LogP contribution < -0.4 is 10.6 Å². The van der Waals surface area contributed by atoms with Gasteiger partial charge in [0.05, 0.1) is 6.10 Å². The Balaban J connectivity index is 0.00000133. The van der Waals surface area contributed by atoms with Crippen LogP contribution in [0.2, 0.25) is 0 Å². The zero-order valence-electron chi connectivity index (χ0n) is 10.8. The lowest BCUT2D eigenvalue weighted by molar-refractivity contribution is 0.0857. The van der Waals surface area contributed by atoms with Crippen LogP contribution in [-0.4, -0.2) is 25.2 Å². The zero-order valence-corrected chi connectivity index (χ0v) is 11.6. The number of fused-ring (bicyclic) bond motifs is 1. The van der Waals surface area contributed by atoms with Gasteiger partial charge in [0, 0.05) is 31.8 Å². The highest BCUT2D eigenvalue weighted by Crippen LogP contribution is 2.17. The minimum Gasteiger partial charge on any atom is -0.376 e. The van der Waals surface area contributed by atoms with Gasteiger partial charge in [0.2, 0.25) is 0 Å². The van der Waals surface area contributed by atoms with Gasteiger partial charge in [-0.2, -0.15) is 0 Å². The molecule has 2 aliphatic rings. The molecule has 3 rings (SSSR count). The molecule has 0 aromatic heterocycles. The lowest BCUT2D eigenvalue weighted by Crippen LogP contribution is -2.31. The van der Waals surface area contributed by atoms with Crippen molar-refractivity contribution in [2.75, 3.05) is 13.2 Å². The molecule has 2 heterocycles. The molecule has 1 amide bonds. The molecule has 2 aliphatic heterocycles. The van der Waals surface area contributed by atoms with Crippen LogP contribution in [0.25, 0.3) is 0 Å². The van der Waals surface area contributed by atoms with Crippen LogP contribution in [0.4, 0.5) is 0 Å². The second-order valence-corrected chi connectivity index (χ2v) is 4.93. The Kier molecular flexibility index (Phi) is 4.80. The van der Waals surface area contributed by atoms with Crippen molar-refractivity contribution in [3.8, 4) is 0 Å². The average Bonchev–Trinajstić information content (AvgIpc) is 3.05. The molecular formula is C14H19ClN2O2. The third-order valence-corrected chi connectivity index (χ3v) is 3.61. The van der Waals surface area contributed by atoms with Crippen LogP contribution >= 0.6 is 12.4 Å². The zero-order chi connectivity index (χ0) is 12.4. The summed E-state index contributed by atoms with van der Waals surface area (Å²) in [7, 11) is 0. The maximum atomic E-state index is 12.0. The maximum Gasteiger partial charge on any atom is 0.251 e. The highest BCUT2D eigenvalue weighted by atomic mass is 35.5. The number of hydrogen-bond acceptors (Lipinski definition) is 3. The molecule has 0 saturated carbocycles. The first-order chi connectivity index (χ1) is 8.83. The van der Waals surface area contributed by atoms with Crippen molar-refractivity contribution in [2.45, 2.75) is 32.0 Å². The molecule has 1 saturated heterocycles. The monoisotopic (exact) mass is 282 g/mol. The maximum absolute atomic E-state index is 12.0. The van der Waals surface area contributed by atoms with E-state index in [2.05, 4.69) is 10.6 Å². The average molecular weight is 283 g/mol. The molecule has 0 aliphatic carbocycles. The molecule has 1 fully saturated rings. The molecule has 1 aromatic rings. The highest BCUT2D eigenvalue weighted by Gasteiger charge is 2.17. The number of rotatable bonds is 3. The van der Waals surface area contributed by atoms with E-state index < -0.39 is 0 Å². The fourth-order valence-corrected chi connectivity index (χ4v) is 2.55. The summed E-state index contributed by atoms with van der Waals surface area (Å²) < 4.78 is 5.49. The molecule has 5 heteroatoms. The fraction of sp³-hybridized carbons (Fsp3) is 0.500. The number of amides is 1. The number of ether oxygens (including phenoxy) is 1. The van der Waals surface area contributed by atoms with E-state index in [-0.39, 0.29) is 24.4 Å².